The molecule has 32 heavy (non-hydrogen) atoms. The lowest BCUT2D eigenvalue weighted by Gasteiger charge is -2.34. The maximum Gasteiger partial charge on any atom is 0.522 e. The predicted octanol–water partition coefficient (Wildman–Crippen LogP) is 2.65. The van der Waals surface area contributed by atoms with Gasteiger partial charge in [0.1, 0.15) is 12.3 Å². The summed E-state index contributed by atoms with van der Waals surface area (Å²) < 4.78 is 89.4. The Kier molecular flexibility index (Phi) is 7.12. The van der Waals surface area contributed by atoms with E-state index in [1.807, 2.05) is 0 Å². The third-order valence-electron chi connectivity index (χ3n) is 4.72. The standard InChI is InChI=1S/C18H20F6N4O4/c1-10(28-7-13(27-9-28)16-26-6-14(31-16)17(19,20)21)2-3-25-15(29)8-30-11-4-12(5-11)32-18(22,23)24/h7,9,11-12,14H,1-6,8H2,(H,25,29)/t11-,12+,14?. The van der Waals surface area contributed by atoms with Crippen LogP contribution in [0.5, 0.6) is 0 Å². The number of imidazole rings is 1. The molecular weight excluding hydrogens is 450 g/mol. The van der Waals surface area contributed by atoms with E-state index in [4.69, 9.17) is 9.47 Å². The van der Waals surface area contributed by atoms with E-state index in [1.54, 1.807) is 0 Å². The molecule has 1 fully saturated rings. The van der Waals surface area contributed by atoms with Crippen LogP contribution < -0.4 is 5.32 Å². The highest BCUT2D eigenvalue weighted by molar-refractivity contribution is 5.93. The molecule has 1 atom stereocenters. The van der Waals surface area contributed by atoms with Crippen molar-refractivity contribution in [3.05, 3.63) is 24.8 Å². The van der Waals surface area contributed by atoms with Gasteiger partial charge in [0.05, 0.1) is 25.1 Å². The van der Waals surface area contributed by atoms with Crippen LogP contribution in [0, 0.1) is 0 Å². The minimum absolute atomic E-state index is 0.0608. The van der Waals surface area contributed by atoms with Gasteiger partial charge in [-0.2, -0.15) is 13.2 Å². The number of carbonyl (C=O) groups is 1. The average Bonchev–Trinajstić information content (AvgIpc) is 3.31. The molecule has 14 heteroatoms. The first kappa shape index (κ1) is 24.0. The van der Waals surface area contributed by atoms with Crippen molar-refractivity contribution in [2.45, 2.75) is 50.1 Å². The van der Waals surface area contributed by atoms with E-state index in [0.717, 1.165) is 0 Å². The monoisotopic (exact) mass is 470 g/mol. The van der Waals surface area contributed by atoms with Crippen LogP contribution in [0.2, 0.25) is 0 Å². The molecule has 1 N–H and O–H groups in total. The van der Waals surface area contributed by atoms with Gasteiger partial charge in [-0.15, -0.1) is 13.2 Å². The van der Waals surface area contributed by atoms with Crippen molar-refractivity contribution in [1.82, 2.24) is 14.9 Å². The van der Waals surface area contributed by atoms with Crippen LogP contribution in [0.3, 0.4) is 0 Å². The molecule has 0 aromatic carbocycles. The first-order chi connectivity index (χ1) is 14.9. The SMILES string of the molecule is C=C(CCNC(=O)CO[C@H]1C[C@@H](OC(F)(F)F)C1)n1cnc(C2=NCC(C(F)(F)F)O2)c1. The Morgan fingerprint density at radius 1 is 1.25 bits per heavy atom. The van der Waals surface area contributed by atoms with Crippen molar-refractivity contribution in [3.63, 3.8) is 0 Å². The van der Waals surface area contributed by atoms with Crippen molar-refractivity contribution >= 4 is 17.5 Å². The number of aromatic nitrogens is 2. The predicted molar refractivity (Wildman–Crippen MR) is 97.4 cm³/mol. The van der Waals surface area contributed by atoms with E-state index < -0.39 is 43.3 Å². The Labute approximate surface area is 178 Å². The molecule has 2 heterocycles. The molecule has 0 bridgehead atoms. The van der Waals surface area contributed by atoms with Crippen LogP contribution in [-0.2, 0) is 19.0 Å². The fraction of sp³-hybridized carbons (Fsp3) is 0.611. The number of hydrogen-bond donors (Lipinski definition) is 1. The van der Waals surface area contributed by atoms with Gasteiger partial charge in [0.15, 0.2) is 0 Å². The summed E-state index contributed by atoms with van der Waals surface area (Å²) >= 11 is 0. The third kappa shape index (κ3) is 6.69. The molecule has 1 aliphatic carbocycles. The highest BCUT2D eigenvalue weighted by atomic mass is 19.4. The highest BCUT2D eigenvalue weighted by Crippen LogP contribution is 2.32. The van der Waals surface area contributed by atoms with Crippen molar-refractivity contribution in [1.29, 1.82) is 0 Å². The van der Waals surface area contributed by atoms with Gasteiger partial charge in [-0.25, -0.2) is 9.98 Å². The number of rotatable bonds is 9. The van der Waals surface area contributed by atoms with Gasteiger partial charge in [-0.05, 0) is 0 Å². The Morgan fingerprint density at radius 3 is 2.59 bits per heavy atom. The number of carbonyl (C=O) groups excluding carboxylic acids is 1. The summed E-state index contributed by atoms with van der Waals surface area (Å²) in [6, 6.07) is 0. The molecular formula is C18H20F6N4O4. The normalized spacial score (nSPS) is 23.3. The van der Waals surface area contributed by atoms with Crippen molar-refractivity contribution in [3.8, 4) is 0 Å². The van der Waals surface area contributed by atoms with Crippen LogP contribution in [0.1, 0.15) is 25.0 Å². The fourth-order valence-electron chi connectivity index (χ4n) is 2.95. The highest BCUT2D eigenvalue weighted by Gasteiger charge is 2.45. The number of alkyl halides is 6. The molecule has 0 spiro atoms. The smallest absolute Gasteiger partial charge is 0.461 e. The van der Waals surface area contributed by atoms with Crippen LogP contribution >= 0.6 is 0 Å². The zero-order valence-corrected chi connectivity index (χ0v) is 16.6. The number of hydrogen-bond acceptors (Lipinski definition) is 6. The second-order valence-electron chi connectivity index (χ2n) is 7.22. The number of nitrogens with zero attached hydrogens (tertiary/aromatic N) is 3. The van der Waals surface area contributed by atoms with Crippen LogP contribution in [0.4, 0.5) is 26.3 Å². The van der Waals surface area contributed by atoms with E-state index in [9.17, 15) is 31.1 Å². The van der Waals surface area contributed by atoms with E-state index >= 15 is 0 Å². The quantitative estimate of drug-likeness (QED) is 0.561. The molecule has 1 saturated carbocycles. The molecule has 1 aliphatic heterocycles. The van der Waals surface area contributed by atoms with Crippen molar-refractivity contribution in [2.24, 2.45) is 4.99 Å². The molecule has 3 rings (SSSR count). The van der Waals surface area contributed by atoms with Crippen molar-refractivity contribution < 1.29 is 45.3 Å². The molecule has 1 aromatic heterocycles. The van der Waals surface area contributed by atoms with E-state index in [-0.39, 0.29) is 37.6 Å². The Hall–Kier alpha value is -2.61. The number of amides is 1. The van der Waals surface area contributed by atoms with Crippen LogP contribution in [0.15, 0.2) is 24.1 Å². The van der Waals surface area contributed by atoms with Gasteiger partial charge in [0.2, 0.25) is 17.9 Å². The molecule has 0 radical (unpaired) electrons. The summed E-state index contributed by atoms with van der Waals surface area (Å²) in [4.78, 5) is 19.5. The van der Waals surface area contributed by atoms with Gasteiger partial charge >= 0.3 is 12.5 Å². The summed E-state index contributed by atoms with van der Waals surface area (Å²) in [6.07, 6.45) is -9.44. The summed E-state index contributed by atoms with van der Waals surface area (Å²) in [6.45, 7) is 3.18. The Morgan fingerprint density at radius 2 is 1.97 bits per heavy atom. The summed E-state index contributed by atoms with van der Waals surface area (Å²) in [5.41, 5.74) is 0.630. The van der Waals surface area contributed by atoms with E-state index in [2.05, 4.69) is 26.6 Å². The van der Waals surface area contributed by atoms with E-state index in [0.29, 0.717) is 12.1 Å². The lowest BCUT2D eigenvalue weighted by Crippen LogP contribution is -2.42. The minimum atomic E-state index is -4.69. The zero-order valence-electron chi connectivity index (χ0n) is 16.6. The second kappa shape index (κ2) is 9.48. The summed E-state index contributed by atoms with van der Waals surface area (Å²) in [5, 5.41) is 2.58. The number of ether oxygens (including phenoxy) is 3. The molecule has 8 nitrogen and oxygen atoms in total. The minimum Gasteiger partial charge on any atom is -0.461 e. The maximum atomic E-state index is 12.7. The summed E-state index contributed by atoms with van der Waals surface area (Å²) in [5.74, 6) is -0.653. The average molecular weight is 470 g/mol. The molecule has 2 aliphatic rings. The number of aliphatic imine (C=N–C) groups is 1. The molecule has 178 valence electrons. The maximum absolute atomic E-state index is 12.7. The van der Waals surface area contributed by atoms with Gasteiger partial charge in [0.25, 0.3) is 0 Å². The topological polar surface area (TPSA) is 87.0 Å². The van der Waals surface area contributed by atoms with Gasteiger partial charge in [0, 0.05) is 37.7 Å². The lowest BCUT2D eigenvalue weighted by atomic mass is 9.92. The van der Waals surface area contributed by atoms with Crippen molar-refractivity contribution in [2.75, 3.05) is 19.7 Å². The van der Waals surface area contributed by atoms with Gasteiger partial charge < -0.3 is 19.4 Å². The molecule has 1 aromatic rings. The third-order valence-corrected chi connectivity index (χ3v) is 4.72. The largest absolute Gasteiger partial charge is 0.522 e. The number of halogens is 6. The molecule has 1 amide bonds. The van der Waals surface area contributed by atoms with Gasteiger partial charge in [-0.1, -0.05) is 6.58 Å². The first-order valence-corrected chi connectivity index (χ1v) is 9.54. The first-order valence-electron chi connectivity index (χ1n) is 9.54. The van der Waals surface area contributed by atoms with Crippen LogP contribution in [0.25, 0.3) is 5.70 Å². The van der Waals surface area contributed by atoms with Gasteiger partial charge in [-0.3, -0.25) is 9.53 Å². The lowest BCUT2D eigenvalue weighted by molar-refractivity contribution is -0.357. The van der Waals surface area contributed by atoms with E-state index in [1.165, 1.54) is 17.1 Å². The summed E-state index contributed by atoms with van der Waals surface area (Å²) in [7, 11) is 0. The zero-order chi connectivity index (χ0) is 23.5. The Balaban J connectivity index is 1.32. The number of nitrogens with one attached hydrogen (secondary N) is 1. The second-order valence-corrected chi connectivity index (χ2v) is 7.22. The Bertz CT molecular complexity index is 860. The van der Waals surface area contributed by atoms with Crippen LogP contribution in [-0.4, -0.2) is 71.9 Å². The molecule has 1 unspecified atom stereocenters. The fourth-order valence-corrected chi connectivity index (χ4v) is 2.95. The molecule has 0 saturated heterocycles.